The van der Waals surface area contributed by atoms with Crippen LogP contribution in [0.4, 0.5) is 5.69 Å². The summed E-state index contributed by atoms with van der Waals surface area (Å²) in [6, 6.07) is 1.23. The molecule has 2 rings (SSSR count). The molecular formula is C8H6N4O5. The van der Waals surface area contributed by atoms with Crippen molar-refractivity contribution in [1.29, 1.82) is 0 Å². The fraction of sp³-hybridized carbons (Fsp3) is 0.125. The molecule has 0 fully saturated rings. The largest absolute Gasteiger partial charge is 0.476 e. The van der Waals surface area contributed by atoms with E-state index in [-0.39, 0.29) is 23.7 Å². The van der Waals surface area contributed by atoms with Crippen LogP contribution in [0.1, 0.15) is 16.2 Å². The molecule has 88 valence electrons. The molecule has 1 N–H and O–H groups in total. The first kappa shape index (κ1) is 10.8. The molecule has 0 saturated carbocycles. The number of nitro groups is 1. The topological polar surface area (TPSA) is 124 Å². The summed E-state index contributed by atoms with van der Waals surface area (Å²) in [6.45, 7) is 0.0775. The average molecular weight is 238 g/mol. The molecule has 0 unspecified atom stereocenters. The maximum absolute atomic E-state index is 10.5. The van der Waals surface area contributed by atoms with Crippen molar-refractivity contribution in [3.8, 4) is 0 Å². The van der Waals surface area contributed by atoms with E-state index in [1.54, 1.807) is 0 Å². The number of carboxylic acid groups (broad SMARTS) is 1. The molecule has 0 aliphatic carbocycles. The third-order valence-electron chi connectivity index (χ3n) is 1.93. The van der Waals surface area contributed by atoms with Crippen molar-refractivity contribution in [2.24, 2.45) is 0 Å². The van der Waals surface area contributed by atoms with E-state index in [9.17, 15) is 14.9 Å². The number of aromatic nitrogens is 3. The van der Waals surface area contributed by atoms with Crippen molar-refractivity contribution >= 4 is 11.7 Å². The lowest BCUT2D eigenvalue weighted by Crippen LogP contribution is -1.99. The summed E-state index contributed by atoms with van der Waals surface area (Å²) in [5.41, 5.74) is -0.371. The molecule has 0 amide bonds. The van der Waals surface area contributed by atoms with Gasteiger partial charge >= 0.3 is 11.7 Å². The normalized spacial score (nSPS) is 10.4. The summed E-state index contributed by atoms with van der Waals surface area (Å²) in [7, 11) is 0. The quantitative estimate of drug-likeness (QED) is 0.608. The molecule has 17 heavy (non-hydrogen) atoms. The molecule has 0 aromatic carbocycles. The molecule has 0 aliphatic rings. The minimum Gasteiger partial charge on any atom is -0.476 e. The highest BCUT2D eigenvalue weighted by Gasteiger charge is 2.13. The molecule has 9 nitrogen and oxygen atoms in total. The van der Waals surface area contributed by atoms with E-state index in [0.29, 0.717) is 0 Å². The predicted molar refractivity (Wildman–Crippen MR) is 51.4 cm³/mol. The summed E-state index contributed by atoms with van der Waals surface area (Å²) in [4.78, 5) is 20.3. The van der Waals surface area contributed by atoms with E-state index < -0.39 is 10.9 Å². The highest BCUT2D eigenvalue weighted by Crippen LogP contribution is 2.10. The third-order valence-corrected chi connectivity index (χ3v) is 1.93. The smallest absolute Gasteiger partial charge is 0.358 e. The van der Waals surface area contributed by atoms with Crippen LogP contribution in [0.3, 0.4) is 0 Å². The van der Waals surface area contributed by atoms with E-state index >= 15 is 0 Å². The highest BCUT2D eigenvalue weighted by atomic mass is 16.6. The van der Waals surface area contributed by atoms with E-state index in [0.717, 1.165) is 6.20 Å². The first-order valence-electron chi connectivity index (χ1n) is 4.42. The number of carbonyl (C=O) groups is 1. The zero-order valence-electron chi connectivity index (χ0n) is 8.31. The van der Waals surface area contributed by atoms with Crippen LogP contribution in [0.5, 0.6) is 0 Å². The van der Waals surface area contributed by atoms with Crippen LogP contribution in [-0.4, -0.2) is 30.9 Å². The lowest BCUT2D eigenvalue weighted by molar-refractivity contribution is -0.385. The van der Waals surface area contributed by atoms with Gasteiger partial charge in [0.15, 0.2) is 11.5 Å². The van der Waals surface area contributed by atoms with Gasteiger partial charge in [0, 0.05) is 6.07 Å². The van der Waals surface area contributed by atoms with Crippen LogP contribution >= 0.6 is 0 Å². The van der Waals surface area contributed by atoms with Gasteiger partial charge in [0.05, 0.1) is 4.92 Å². The van der Waals surface area contributed by atoms with Gasteiger partial charge < -0.3 is 9.63 Å². The van der Waals surface area contributed by atoms with E-state index in [1.165, 1.54) is 16.9 Å². The SMILES string of the molecule is O=C(O)c1cc(Cn2cc([N+](=O)[O-])cn2)on1. The van der Waals surface area contributed by atoms with Crippen LogP contribution in [-0.2, 0) is 6.54 Å². The highest BCUT2D eigenvalue weighted by molar-refractivity contribution is 5.85. The van der Waals surface area contributed by atoms with Crippen LogP contribution in [0, 0.1) is 10.1 Å². The van der Waals surface area contributed by atoms with Gasteiger partial charge in [-0.3, -0.25) is 14.8 Å². The monoisotopic (exact) mass is 238 g/mol. The molecule has 2 aromatic heterocycles. The van der Waals surface area contributed by atoms with Gasteiger partial charge in [0.2, 0.25) is 0 Å². The van der Waals surface area contributed by atoms with Crippen molar-refractivity contribution < 1.29 is 19.3 Å². The van der Waals surface area contributed by atoms with Crippen molar-refractivity contribution in [2.45, 2.75) is 6.54 Å². The summed E-state index contributed by atoms with van der Waals surface area (Å²) in [6.07, 6.45) is 2.30. The Labute approximate surface area is 93.4 Å². The van der Waals surface area contributed by atoms with Crippen molar-refractivity contribution in [3.63, 3.8) is 0 Å². The standard InChI is InChI=1S/C8H6N4O5/c13-8(14)7-1-6(17-10-7)4-11-3-5(2-9-11)12(15)16/h1-3H,4H2,(H,13,14). The van der Waals surface area contributed by atoms with Crippen LogP contribution in [0.25, 0.3) is 0 Å². The molecule has 0 atom stereocenters. The number of hydrogen-bond acceptors (Lipinski definition) is 6. The molecule has 2 heterocycles. The van der Waals surface area contributed by atoms with Crippen LogP contribution < -0.4 is 0 Å². The Morgan fingerprint density at radius 3 is 2.94 bits per heavy atom. The zero-order valence-corrected chi connectivity index (χ0v) is 8.31. The van der Waals surface area contributed by atoms with E-state index in [4.69, 9.17) is 9.63 Å². The van der Waals surface area contributed by atoms with Gasteiger partial charge in [-0.15, -0.1) is 0 Å². The molecule has 9 heteroatoms. The number of aromatic carboxylic acids is 1. The molecular weight excluding hydrogens is 232 g/mol. The first-order valence-corrected chi connectivity index (χ1v) is 4.42. The third kappa shape index (κ3) is 2.27. The molecule has 0 bridgehead atoms. The fourth-order valence-electron chi connectivity index (χ4n) is 1.18. The lowest BCUT2D eigenvalue weighted by atomic mass is 10.3. The Morgan fingerprint density at radius 2 is 2.41 bits per heavy atom. The zero-order chi connectivity index (χ0) is 12.4. The molecule has 0 saturated heterocycles. The van der Waals surface area contributed by atoms with Gasteiger partial charge in [-0.1, -0.05) is 5.16 Å². The van der Waals surface area contributed by atoms with E-state index in [2.05, 4.69) is 10.3 Å². The van der Waals surface area contributed by atoms with Crippen molar-refractivity contribution in [3.05, 3.63) is 40.0 Å². The lowest BCUT2D eigenvalue weighted by Gasteiger charge is -1.93. The molecule has 0 radical (unpaired) electrons. The number of rotatable bonds is 4. The Balaban J connectivity index is 2.13. The second-order valence-corrected chi connectivity index (χ2v) is 3.14. The maximum atomic E-state index is 10.5. The molecule has 2 aromatic rings. The summed E-state index contributed by atoms with van der Waals surface area (Å²) < 4.78 is 5.99. The summed E-state index contributed by atoms with van der Waals surface area (Å²) in [5, 5.41) is 26.0. The van der Waals surface area contributed by atoms with E-state index in [1.807, 2.05) is 0 Å². The van der Waals surface area contributed by atoms with Gasteiger partial charge in [-0.25, -0.2) is 4.79 Å². The number of carboxylic acids is 1. The predicted octanol–water partition coefficient (Wildman–Crippen LogP) is 0.526. The Bertz CT molecular complexity index is 522. The summed E-state index contributed by atoms with van der Waals surface area (Å²) in [5.74, 6) is -0.952. The number of nitrogens with zero attached hydrogens (tertiary/aromatic N) is 4. The second kappa shape index (κ2) is 4.04. The van der Waals surface area contributed by atoms with Crippen molar-refractivity contribution in [2.75, 3.05) is 0 Å². The van der Waals surface area contributed by atoms with Gasteiger partial charge in [-0.2, -0.15) is 5.10 Å². The second-order valence-electron chi connectivity index (χ2n) is 3.14. The van der Waals surface area contributed by atoms with Gasteiger partial charge in [0.25, 0.3) is 0 Å². The molecule has 0 spiro atoms. The fourth-order valence-corrected chi connectivity index (χ4v) is 1.18. The number of hydrogen-bond donors (Lipinski definition) is 1. The van der Waals surface area contributed by atoms with Gasteiger partial charge in [0.1, 0.15) is 18.9 Å². The minimum atomic E-state index is -1.20. The minimum absolute atomic E-state index is 0.0775. The van der Waals surface area contributed by atoms with Gasteiger partial charge in [-0.05, 0) is 0 Å². The van der Waals surface area contributed by atoms with Crippen LogP contribution in [0.2, 0.25) is 0 Å². The molecule has 0 aliphatic heterocycles. The Morgan fingerprint density at radius 1 is 1.65 bits per heavy atom. The maximum Gasteiger partial charge on any atom is 0.358 e. The Hall–Kier alpha value is -2.71. The first-order chi connectivity index (χ1) is 8.06. The average Bonchev–Trinajstić information content (AvgIpc) is 2.87. The Kier molecular flexibility index (Phi) is 2.57. The summed E-state index contributed by atoms with van der Waals surface area (Å²) >= 11 is 0. The van der Waals surface area contributed by atoms with Crippen LogP contribution in [0.15, 0.2) is 23.0 Å². The van der Waals surface area contributed by atoms with Crippen molar-refractivity contribution in [1.82, 2.24) is 14.9 Å².